The summed E-state index contributed by atoms with van der Waals surface area (Å²) in [5.41, 5.74) is 0.881. The van der Waals surface area contributed by atoms with E-state index in [2.05, 4.69) is 25.7 Å². The molecule has 0 bridgehead atoms. The zero-order chi connectivity index (χ0) is 15.2. The molecule has 0 atom stereocenters. The van der Waals surface area contributed by atoms with Gasteiger partial charge < -0.3 is 10.6 Å². The first-order valence-corrected chi connectivity index (χ1v) is 6.93. The molecular formula is C14H21ClN6O. The van der Waals surface area contributed by atoms with Crippen LogP contribution in [0.2, 0.25) is 0 Å². The van der Waals surface area contributed by atoms with Gasteiger partial charge in [0.05, 0.1) is 5.69 Å². The Morgan fingerprint density at radius 3 is 2.59 bits per heavy atom. The highest BCUT2D eigenvalue weighted by molar-refractivity contribution is 5.90. The van der Waals surface area contributed by atoms with Crippen molar-refractivity contribution in [1.82, 2.24) is 25.1 Å². The maximum atomic E-state index is 11.9. The smallest absolute Gasteiger partial charge is 0.252 e. The Balaban J connectivity index is 0.00000242. The lowest BCUT2D eigenvalue weighted by molar-refractivity contribution is -0.116. The summed E-state index contributed by atoms with van der Waals surface area (Å²) >= 11 is 0. The molecule has 8 heteroatoms. The summed E-state index contributed by atoms with van der Waals surface area (Å²) in [6.07, 6.45) is 3.69. The Bertz CT molecular complexity index is 599. The van der Waals surface area contributed by atoms with Crippen LogP contribution in [0.4, 0.5) is 5.82 Å². The van der Waals surface area contributed by atoms with Crippen LogP contribution in [0.25, 0.3) is 5.95 Å². The van der Waals surface area contributed by atoms with Crippen molar-refractivity contribution in [2.24, 2.45) is 0 Å². The van der Waals surface area contributed by atoms with Crippen LogP contribution in [0.5, 0.6) is 0 Å². The molecular weight excluding hydrogens is 304 g/mol. The number of rotatable bonds is 6. The second kappa shape index (κ2) is 8.45. The van der Waals surface area contributed by atoms with E-state index in [0.717, 1.165) is 5.69 Å². The third kappa shape index (κ3) is 4.51. The number of aromatic nitrogens is 4. The zero-order valence-electron chi connectivity index (χ0n) is 12.9. The SMILES string of the molecule is CNCCC(=O)Nc1cc(C(C)C)nn1-c1ncccn1.Cl. The van der Waals surface area contributed by atoms with Crippen LogP contribution in [0.1, 0.15) is 31.9 Å². The predicted octanol–water partition coefficient (Wildman–Crippen LogP) is 1.76. The maximum absolute atomic E-state index is 11.9. The molecule has 0 aromatic carbocycles. The quantitative estimate of drug-likeness (QED) is 0.845. The third-order valence-electron chi connectivity index (χ3n) is 2.93. The average molecular weight is 325 g/mol. The van der Waals surface area contributed by atoms with E-state index in [-0.39, 0.29) is 24.2 Å². The molecule has 0 aliphatic rings. The fraction of sp³-hybridized carbons (Fsp3) is 0.429. The van der Waals surface area contributed by atoms with Crippen molar-refractivity contribution in [3.05, 3.63) is 30.2 Å². The van der Waals surface area contributed by atoms with Gasteiger partial charge >= 0.3 is 0 Å². The topological polar surface area (TPSA) is 84.7 Å². The lowest BCUT2D eigenvalue weighted by Gasteiger charge is -2.06. The molecule has 0 aliphatic heterocycles. The van der Waals surface area contributed by atoms with Crippen molar-refractivity contribution >= 4 is 24.1 Å². The van der Waals surface area contributed by atoms with Crippen LogP contribution < -0.4 is 10.6 Å². The molecule has 0 fully saturated rings. The van der Waals surface area contributed by atoms with E-state index in [1.165, 1.54) is 0 Å². The molecule has 2 heterocycles. The minimum Gasteiger partial charge on any atom is -0.319 e. The van der Waals surface area contributed by atoms with E-state index in [9.17, 15) is 4.79 Å². The Hall–Kier alpha value is -1.99. The fourth-order valence-electron chi connectivity index (χ4n) is 1.77. The number of nitrogens with zero attached hydrogens (tertiary/aromatic N) is 4. The minimum absolute atomic E-state index is 0. The van der Waals surface area contributed by atoms with Gasteiger partial charge in [-0.1, -0.05) is 13.8 Å². The number of anilines is 1. The van der Waals surface area contributed by atoms with Crippen LogP contribution >= 0.6 is 12.4 Å². The van der Waals surface area contributed by atoms with Crippen LogP contribution in [0, 0.1) is 0 Å². The van der Waals surface area contributed by atoms with Gasteiger partial charge in [0.15, 0.2) is 0 Å². The third-order valence-corrected chi connectivity index (χ3v) is 2.93. The highest BCUT2D eigenvalue weighted by Gasteiger charge is 2.15. The second-order valence-electron chi connectivity index (χ2n) is 4.97. The van der Waals surface area contributed by atoms with Gasteiger partial charge in [-0.15, -0.1) is 12.4 Å². The van der Waals surface area contributed by atoms with E-state index in [1.54, 1.807) is 23.1 Å². The summed E-state index contributed by atoms with van der Waals surface area (Å²) in [7, 11) is 1.81. The number of carbonyl (C=O) groups is 1. The maximum Gasteiger partial charge on any atom is 0.252 e. The summed E-state index contributed by atoms with van der Waals surface area (Å²) in [6.45, 7) is 4.72. The first-order valence-electron chi connectivity index (χ1n) is 6.93. The van der Waals surface area contributed by atoms with Crippen molar-refractivity contribution in [1.29, 1.82) is 0 Å². The van der Waals surface area contributed by atoms with Gasteiger partial charge in [0, 0.05) is 31.4 Å². The molecule has 0 spiro atoms. The first kappa shape index (κ1) is 18.1. The molecule has 2 aromatic heterocycles. The van der Waals surface area contributed by atoms with Crippen molar-refractivity contribution in [3.8, 4) is 5.95 Å². The fourth-order valence-corrected chi connectivity index (χ4v) is 1.77. The van der Waals surface area contributed by atoms with Crippen molar-refractivity contribution < 1.29 is 4.79 Å². The number of hydrogen-bond acceptors (Lipinski definition) is 5. The van der Waals surface area contributed by atoms with Crippen LogP contribution in [0.15, 0.2) is 24.5 Å². The van der Waals surface area contributed by atoms with Gasteiger partial charge in [0.25, 0.3) is 5.95 Å². The highest BCUT2D eigenvalue weighted by atomic mass is 35.5. The number of hydrogen-bond donors (Lipinski definition) is 2. The molecule has 0 unspecified atom stereocenters. The van der Waals surface area contributed by atoms with Crippen LogP contribution in [-0.2, 0) is 4.79 Å². The molecule has 2 N–H and O–H groups in total. The highest BCUT2D eigenvalue weighted by Crippen LogP contribution is 2.20. The standard InChI is InChI=1S/C14H20N6O.ClH/c1-10(2)11-9-12(18-13(21)5-8-15-3)20(19-11)14-16-6-4-7-17-14;/h4,6-7,9-10,15H,5,8H2,1-3H3,(H,18,21);1H. The lowest BCUT2D eigenvalue weighted by atomic mass is 10.1. The van der Waals surface area contributed by atoms with Crippen LogP contribution in [-0.4, -0.2) is 39.2 Å². The largest absolute Gasteiger partial charge is 0.319 e. The van der Waals surface area contributed by atoms with E-state index in [0.29, 0.717) is 24.7 Å². The van der Waals surface area contributed by atoms with Crippen molar-refractivity contribution in [3.63, 3.8) is 0 Å². The summed E-state index contributed by atoms with van der Waals surface area (Å²) in [4.78, 5) is 20.3. The Kier molecular flexibility index (Phi) is 6.94. The average Bonchev–Trinajstić information content (AvgIpc) is 2.90. The molecule has 7 nitrogen and oxygen atoms in total. The van der Waals surface area contributed by atoms with E-state index < -0.39 is 0 Å². The number of carbonyl (C=O) groups excluding carboxylic acids is 1. The molecule has 1 amide bonds. The van der Waals surface area contributed by atoms with Gasteiger partial charge in [-0.25, -0.2) is 9.97 Å². The molecule has 2 rings (SSSR count). The Labute approximate surface area is 136 Å². The Morgan fingerprint density at radius 2 is 2.00 bits per heavy atom. The van der Waals surface area contributed by atoms with Gasteiger partial charge in [-0.2, -0.15) is 9.78 Å². The number of halogens is 1. The summed E-state index contributed by atoms with van der Waals surface area (Å²) in [5, 5.41) is 10.3. The summed E-state index contributed by atoms with van der Waals surface area (Å²) in [5.74, 6) is 1.21. The molecule has 22 heavy (non-hydrogen) atoms. The van der Waals surface area contributed by atoms with Gasteiger partial charge in [-0.05, 0) is 19.0 Å². The molecule has 0 saturated heterocycles. The van der Waals surface area contributed by atoms with E-state index >= 15 is 0 Å². The minimum atomic E-state index is -0.0725. The first-order chi connectivity index (χ1) is 10.1. The molecule has 120 valence electrons. The zero-order valence-corrected chi connectivity index (χ0v) is 13.7. The number of amides is 1. The number of nitrogens with one attached hydrogen (secondary N) is 2. The van der Waals surface area contributed by atoms with E-state index in [1.807, 2.05) is 27.0 Å². The van der Waals surface area contributed by atoms with Crippen LogP contribution in [0.3, 0.4) is 0 Å². The molecule has 0 saturated carbocycles. The Morgan fingerprint density at radius 1 is 1.32 bits per heavy atom. The van der Waals surface area contributed by atoms with E-state index in [4.69, 9.17) is 0 Å². The summed E-state index contributed by atoms with van der Waals surface area (Å²) in [6, 6.07) is 3.60. The van der Waals surface area contributed by atoms with Crippen molar-refractivity contribution in [2.75, 3.05) is 18.9 Å². The van der Waals surface area contributed by atoms with Crippen molar-refractivity contribution in [2.45, 2.75) is 26.2 Å². The molecule has 0 radical (unpaired) electrons. The van der Waals surface area contributed by atoms with Gasteiger partial charge in [-0.3, -0.25) is 4.79 Å². The molecule has 2 aromatic rings. The van der Waals surface area contributed by atoms with Gasteiger partial charge in [0.1, 0.15) is 5.82 Å². The van der Waals surface area contributed by atoms with Gasteiger partial charge in [0.2, 0.25) is 5.91 Å². The predicted molar refractivity (Wildman–Crippen MR) is 87.7 cm³/mol. The normalized spacial score (nSPS) is 10.4. The molecule has 0 aliphatic carbocycles. The second-order valence-corrected chi connectivity index (χ2v) is 4.97. The summed E-state index contributed by atoms with van der Waals surface area (Å²) < 4.78 is 1.56. The lowest BCUT2D eigenvalue weighted by Crippen LogP contribution is -2.20. The monoisotopic (exact) mass is 324 g/mol.